The van der Waals surface area contributed by atoms with Crippen LogP contribution in [-0.2, 0) is 6.42 Å². The molecule has 0 aliphatic heterocycles. The summed E-state index contributed by atoms with van der Waals surface area (Å²) in [5, 5.41) is 8.96. The van der Waals surface area contributed by atoms with Gasteiger partial charge in [0.15, 0.2) is 11.5 Å². The second-order valence-corrected chi connectivity index (χ2v) is 5.12. The highest BCUT2D eigenvalue weighted by Gasteiger charge is 2.17. The molecule has 4 heteroatoms. The van der Waals surface area contributed by atoms with Crippen LogP contribution in [0.15, 0.2) is 18.2 Å². The molecule has 0 aliphatic rings. The summed E-state index contributed by atoms with van der Waals surface area (Å²) < 4.78 is 11.0. The largest absolute Gasteiger partial charge is 0.493 e. The van der Waals surface area contributed by atoms with Crippen molar-refractivity contribution in [1.82, 2.24) is 0 Å². The molecule has 0 saturated carbocycles. The lowest BCUT2D eigenvalue weighted by atomic mass is 9.92. The standard InChI is InChI=1S/C15H22N2O2/c1-15(2,11-17)7-9-19-14-10-12(6-8-16)4-5-13(14)18-3/h4-5,10H,6-9,16H2,1-3H3. The van der Waals surface area contributed by atoms with Crippen LogP contribution in [0.4, 0.5) is 0 Å². The molecular formula is C15H22N2O2. The van der Waals surface area contributed by atoms with Crippen LogP contribution in [0.5, 0.6) is 11.5 Å². The third-order valence-corrected chi connectivity index (χ3v) is 2.95. The van der Waals surface area contributed by atoms with Crippen LogP contribution in [0, 0.1) is 16.7 Å². The Labute approximate surface area is 115 Å². The van der Waals surface area contributed by atoms with Crippen LogP contribution in [0.2, 0.25) is 0 Å². The van der Waals surface area contributed by atoms with Crippen molar-refractivity contribution in [3.63, 3.8) is 0 Å². The molecule has 1 aromatic carbocycles. The number of ether oxygens (including phenoxy) is 2. The highest BCUT2D eigenvalue weighted by molar-refractivity contribution is 5.43. The van der Waals surface area contributed by atoms with E-state index in [2.05, 4.69) is 6.07 Å². The summed E-state index contributed by atoms with van der Waals surface area (Å²) in [6.45, 7) is 4.90. The van der Waals surface area contributed by atoms with Crippen molar-refractivity contribution in [1.29, 1.82) is 5.26 Å². The lowest BCUT2D eigenvalue weighted by molar-refractivity contribution is 0.252. The van der Waals surface area contributed by atoms with E-state index in [0.29, 0.717) is 31.1 Å². The average Bonchev–Trinajstić information content (AvgIpc) is 2.39. The molecule has 2 N–H and O–H groups in total. The fourth-order valence-electron chi connectivity index (χ4n) is 1.63. The molecule has 0 fully saturated rings. The fourth-order valence-corrected chi connectivity index (χ4v) is 1.63. The third-order valence-electron chi connectivity index (χ3n) is 2.95. The van der Waals surface area contributed by atoms with E-state index in [9.17, 15) is 0 Å². The number of methoxy groups -OCH3 is 1. The van der Waals surface area contributed by atoms with Gasteiger partial charge in [0.2, 0.25) is 0 Å². The van der Waals surface area contributed by atoms with Crippen molar-refractivity contribution >= 4 is 0 Å². The van der Waals surface area contributed by atoms with Crippen LogP contribution < -0.4 is 15.2 Å². The second kappa shape index (κ2) is 7.01. The Bertz CT molecular complexity index is 450. The van der Waals surface area contributed by atoms with E-state index in [-0.39, 0.29) is 5.41 Å². The number of nitriles is 1. The monoisotopic (exact) mass is 262 g/mol. The molecule has 0 bridgehead atoms. The molecule has 0 heterocycles. The molecule has 0 radical (unpaired) electrons. The second-order valence-electron chi connectivity index (χ2n) is 5.12. The zero-order chi connectivity index (χ0) is 14.3. The number of nitrogens with two attached hydrogens (primary N) is 1. The number of hydrogen-bond acceptors (Lipinski definition) is 4. The first-order chi connectivity index (χ1) is 9.02. The van der Waals surface area contributed by atoms with Gasteiger partial charge in [0.25, 0.3) is 0 Å². The number of hydrogen-bond donors (Lipinski definition) is 1. The quantitative estimate of drug-likeness (QED) is 0.819. The SMILES string of the molecule is COc1ccc(CCN)cc1OCCC(C)(C)C#N. The number of rotatable bonds is 7. The summed E-state index contributed by atoms with van der Waals surface area (Å²) in [6, 6.07) is 8.08. The molecule has 0 amide bonds. The molecule has 104 valence electrons. The summed E-state index contributed by atoms with van der Waals surface area (Å²) in [5.74, 6) is 1.41. The zero-order valence-electron chi connectivity index (χ0n) is 11.9. The van der Waals surface area contributed by atoms with Crippen LogP contribution in [0.25, 0.3) is 0 Å². The molecule has 0 aromatic heterocycles. The molecule has 1 rings (SSSR count). The first-order valence-electron chi connectivity index (χ1n) is 6.43. The topological polar surface area (TPSA) is 68.3 Å². The summed E-state index contributed by atoms with van der Waals surface area (Å²) in [4.78, 5) is 0. The molecule has 0 atom stereocenters. The van der Waals surface area contributed by atoms with Gasteiger partial charge in [0, 0.05) is 0 Å². The summed E-state index contributed by atoms with van der Waals surface area (Å²) in [6.07, 6.45) is 1.48. The summed E-state index contributed by atoms with van der Waals surface area (Å²) >= 11 is 0. The van der Waals surface area contributed by atoms with Crippen molar-refractivity contribution < 1.29 is 9.47 Å². The van der Waals surface area contributed by atoms with E-state index >= 15 is 0 Å². The Kier molecular flexibility index (Phi) is 5.65. The van der Waals surface area contributed by atoms with Crippen LogP contribution in [0.1, 0.15) is 25.8 Å². The van der Waals surface area contributed by atoms with Crippen molar-refractivity contribution in [2.45, 2.75) is 26.7 Å². The molecule has 4 nitrogen and oxygen atoms in total. The summed E-state index contributed by atoms with van der Waals surface area (Å²) in [7, 11) is 1.62. The first kappa shape index (κ1) is 15.3. The Hall–Kier alpha value is -1.73. The third kappa shape index (κ3) is 4.80. The minimum Gasteiger partial charge on any atom is -0.493 e. The van der Waals surface area contributed by atoms with Crippen LogP contribution in [0.3, 0.4) is 0 Å². The van der Waals surface area contributed by atoms with Crippen LogP contribution >= 0.6 is 0 Å². The highest BCUT2D eigenvalue weighted by Crippen LogP contribution is 2.29. The smallest absolute Gasteiger partial charge is 0.161 e. The predicted molar refractivity (Wildman–Crippen MR) is 75.3 cm³/mol. The van der Waals surface area contributed by atoms with Gasteiger partial charge in [-0.05, 0) is 50.9 Å². The zero-order valence-corrected chi connectivity index (χ0v) is 11.9. The first-order valence-corrected chi connectivity index (χ1v) is 6.43. The molecule has 0 saturated heterocycles. The number of nitrogens with zero attached hydrogens (tertiary/aromatic N) is 1. The maximum absolute atomic E-state index is 8.96. The Balaban J connectivity index is 2.70. The molecule has 1 aromatic rings. The van der Waals surface area contributed by atoms with Gasteiger partial charge < -0.3 is 15.2 Å². The van der Waals surface area contributed by atoms with Gasteiger partial charge in [-0.1, -0.05) is 6.07 Å². The van der Waals surface area contributed by atoms with E-state index in [1.54, 1.807) is 7.11 Å². The summed E-state index contributed by atoms with van der Waals surface area (Å²) in [5.41, 5.74) is 6.30. The molecule has 0 spiro atoms. The van der Waals surface area contributed by atoms with E-state index < -0.39 is 0 Å². The van der Waals surface area contributed by atoms with Gasteiger partial charge >= 0.3 is 0 Å². The van der Waals surface area contributed by atoms with Crippen molar-refractivity contribution in [3.05, 3.63) is 23.8 Å². The Morgan fingerprint density at radius 3 is 2.63 bits per heavy atom. The maximum atomic E-state index is 8.96. The van der Waals surface area contributed by atoms with Gasteiger partial charge in [-0.25, -0.2) is 0 Å². The van der Waals surface area contributed by atoms with Gasteiger partial charge in [-0.2, -0.15) is 5.26 Å². The normalized spacial score (nSPS) is 10.9. The fraction of sp³-hybridized carbons (Fsp3) is 0.533. The lowest BCUT2D eigenvalue weighted by Crippen LogP contribution is -2.13. The molecule has 0 aliphatic carbocycles. The van der Waals surface area contributed by atoms with E-state index in [1.165, 1.54) is 0 Å². The lowest BCUT2D eigenvalue weighted by Gasteiger charge is -2.17. The minimum atomic E-state index is -0.373. The minimum absolute atomic E-state index is 0.373. The maximum Gasteiger partial charge on any atom is 0.161 e. The van der Waals surface area contributed by atoms with Crippen LogP contribution in [-0.4, -0.2) is 20.3 Å². The van der Waals surface area contributed by atoms with E-state index in [0.717, 1.165) is 12.0 Å². The molecular weight excluding hydrogens is 240 g/mol. The molecule has 19 heavy (non-hydrogen) atoms. The highest BCUT2D eigenvalue weighted by atomic mass is 16.5. The van der Waals surface area contributed by atoms with Gasteiger partial charge in [0.1, 0.15) is 0 Å². The van der Waals surface area contributed by atoms with Gasteiger partial charge in [-0.15, -0.1) is 0 Å². The Morgan fingerprint density at radius 1 is 1.32 bits per heavy atom. The average molecular weight is 262 g/mol. The van der Waals surface area contributed by atoms with Crippen molar-refractivity contribution in [2.75, 3.05) is 20.3 Å². The van der Waals surface area contributed by atoms with E-state index in [1.807, 2.05) is 32.0 Å². The number of benzene rings is 1. The van der Waals surface area contributed by atoms with Gasteiger partial charge in [0.05, 0.1) is 25.2 Å². The molecule has 0 unspecified atom stereocenters. The van der Waals surface area contributed by atoms with Gasteiger partial charge in [-0.3, -0.25) is 0 Å². The van der Waals surface area contributed by atoms with E-state index in [4.69, 9.17) is 20.5 Å². The Morgan fingerprint density at radius 2 is 2.05 bits per heavy atom. The van der Waals surface area contributed by atoms with Crippen molar-refractivity contribution in [2.24, 2.45) is 11.1 Å². The predicted octanol–water partition coefficient (Wildman–Crippen LogP) is 2.52. The van der Waals surface area contributed by atoms with Crippen molar-refractivity contribution in [3.8, 4) is 17.6 Å².